The van der Waals surface area contributed by atoms with E-state index in [4.69, 9.17) is 0 Å². The molecule has 0 radical (unpaired) electrons. The number of hydrogen-bond donors (Lipinski definition) is 1. The fourth-order valence-electron chi connectivity index (χ4n) is 2.93. The van der Waals surface area contributed by atoms with Crippen LogP contribution in [-0.4, -0.2) is 5.91 Å². The summed E-state index contributed by atoms with van der Waals surface area (Å²) in [7, 11) is 0. The molecule has 0 aromatic heterocycles. The summed E-state index contributed by atoms with van der Waals surface area (Å²) in [6.45, 7) is 0. The summed E-state index contributed by atoms with van der Waals surface area (Å²) in [6, 6.07) is 3.61. The zero-order valence-corrected chi connectivity index (χ0v) is 10.3. The molecule has 1 saturated carbocycles. The molecule has 1 amide bonds. The second-order valence-electron chi connectivity index (χ2n) is 5.35. The Balaban J connectivity index is 2.02. The molecule has 0 spiro atoms. The fourth-order valence-corrected chi connectivity index (χ4v) is 2.93. The van der Waals surface area contributed by atoms with Crippen molar-refractivity contribution in [1.29, 1.82) is 0 Å². The molecule has 1 aliphatic carbocycles. The molecule has 3 rings (SSSR count). The number of carbonyl (C=O) groups excluding carboxylic acids is 1. The highest BCUT2D eigenvalue weighted by Gasteiger charge is 2.37. The minimum atomic E-state index is -4.33. The van der Waals surface area contributed by atoms with Crippen LogP contribution in [0.25, 0.3) is 0 Å². The number of amides is 1. The van der Waals surface area contributed by atoms with Gasteiger partial charge in [-0.3, -0.25) is 4.79 Å². The summed E-state index contributed by atoms with van der Waals surface area (Å²) in [4.78, 5) is 11.6. The maximum absolute atomic E-state index is 12.8. The van der Waals surface area contributed by atoms with Crippen molar-refractivity contribution in [3.8, 4) is 0 Å². The number of fused-ring (bicyclic) bond motifs is 1. The van der Waals surface area contributed by atoms with E-state index in [1.165, 1.54) is 12.1 Å². The third-order valence-electron chi connectivity index (χ3n) is 4.18. The molecule has 0 saturated heterocycles. The van der Waals surface area contributed by atoms with Crippen LogP contribution in [0.15, 0.2) is 18.2 Å². The minimum Gasteiger partial charge on any atom is -0.326 e. The largest absolute Gasteiger partial charge is 0.416 e. The number of halogens is 3. The number of alkyl halides is 3. The SMILES string of the molecule is O=C1CC(C2CCC2)c2cc(C(F)(F)F)ccc2N1. The summed E-state index contributed by atoms with van der Waals surface area (Å²) >= 11 is 0. The third kappa shape index (κ3) is 2.22. The Labute approximate surface area is 109 Å². The van der Waals surface area contributed by atoms with Gasteiger partial charge in [-0.15, -0.1) is 0 Å². The van der Waals surface area contributed by atoms with E-state index in [0.717, 1.165) is 25.3 Å². The molecule has 1 unspecified atom stereocenters. The molecule has 1 aliphatic heterocycles. The van der Waals surface area contributed by atoms with Gasteiger partial charge in [-0.1, -0.05) is 6.42 Å². The fraction of sp³-hybridized carbons (Fsp3) is 0.500. The van der Waals surface area contributed by atoms with Crippen LogP contribution in [0.1, 0.15) is 42.7 Å². The van der Waals surface area contributed by atoms with Gasteiger partial charge in [0.25, 0.3) is 0 Å². The van der Waals surface area contributed by atoms with Crippen LogP contribution in [0.4, 0.5) is 18.9 Å². The van der Waals surface area contributed by atoms with Crippen molar-refractivity contribution in [1.82, 2.24) is 0 Å². The van der Waals surface area contributed by atoms with E-state index in [1.807, 2.05) is 0 Å². The van der Waals surface area contributed by atoms with Crippen molar-refractivity contribution in [2.75, 3.05) is 5.32 Å². The first-order chi connectivity index (χ1) is 8.95. The van der Waals surface area contributed by atoms with E-state index in [-0.39, 0.29) is 11.8 Å². The molecule has 2 nitrogen and oxygen atoms in total. The summed E-state index contributed by atoms with van der Waals surface area (Å²) in [5.74, 6) is 0.206. The zero-order chi connectivity index (χ0) is 13.6. The van der Waals surface area contributed by atoms with Crippen LogP contribution in [0.2, 0.25) is 0 Å². The molecular formula is C14H14F3NO. The molecule has 2 aliphatic rings. The van der Waals surface area contributed by atoms with E-state index in [0.29, 0.717) is 23.6 Å². The normalized spacial score (nSPS) is 23.5. The van der Waals surface area contributed by atoms with Crippen LogP contribution in [-0.2, 0) is 11.0 Å². The molecule has 1 atom stereocenters. The number of benzene rings is 1. The summed E-state index contributed by atoms with van der Waals surface area (Å²) in [5.41, 5.74) is 0.562. The van der Waals surface area contributed by atoms with Gasteiger partial charge in [-0.05, 0) is 48.4 Å². The average Bonchev–Trinajstić information content (AvgIpc) is 2.24. The lowest BCUT2D eigenvalue weighted by atomic mass is 9.70. The van der Waals surface area contributed by atoms with Crippen molar-refractivity contribution in [2.45, 2.75) is 37.8 Å². The highest BCUT2D eigenvalue weighted by atomic mass is 19.4. The van der Waals surface area contributed by atoms with Gasteiger partial charge in [-0.25, -0.2) is 0 Å². The second kappa shape index (κ2) is 4.25. The van der Waals surface area contributed by atoms with E-state index < -0.39 is 11.7 Å². The van der Waals surface area contributed by atoms with Crippen molar-refractivity contribution in [3.63, 3.8) is 0 Å². The number of nitrogens with one attached hydrogen (secondary N) is 1. The molecule has 0 bridgehead atoms. The van der Waals surface area contributed by atoms with E-state index >= 15 is 0 Å². The highest BCUT2D eigenvalue weighted by molar-refractivity contribution is 5.94. The number of carbonyl (C=O) groups is 1. The summed E-state index contributed by atoms with van der Waals surface area (Å²) < 4.78 is 38.3. The predicted octanol–water partition coefficient (Wildman–Crippen LogP) is 3.93. The zero-order valence-electron chi connectivity index (χ0n) is 10.3. The van der Waals surface area contributed by atoms with Gasteiger partial charge in [0.1, 0.15) is 0 Å². The van der Waals surface area contributed by atoms with Gasteiger partial charge in [0.05, 0.1) is 5.56 Å². The monoisotopic (exact) mass is 269 g/mol. The van der Waals surface area contributed by atoms with Gasteiger partial charge < -0.3 is 5.32 Å². The van der Waals surface area contributed by atoms with Crippen LogP contribution in [0.3, 0.4) is 0 Å². The lowest BCUT2D eigenvalue weighted by Crippen LogP contribution is -2.30. The van der Waals surface area contributed by atoms with Crippen LogP contribution in [0, 0.1) is 5.92 Å². The Kier molecular flexibility index (Phi) is 2.80. The van der Waals surface area contributed by atoms with Gasteiger partial charge in [0, 0.05) is 12.1 Å². The van der Waals surface area contributed by atoms with E-state index in [9.17, 15) is 18.0 Å². The topological polar surface area (TPSA) is 29.1 Å². The third-order valence-corrected chi connectivity index (χ3v) is 4.18. The Morgan fingerprint density at radius 2 is 1.95 bits per heavy atom. The quantitative estimate of drug-likeness (QED) is 0.822. The van der Waals surface area contributed by atoms with E-state index in [1.54, 1.807) is 0 Å². The van der Waals surface area contributed by atoms with Gasteiger partial charge >= 0.3 is 6.18 Å². The first-order valence-corrected chi connectivity index (χ1v) is 6.46. The highest BCUT2D eigenvalue weighted by Crippen LogP contribution is 2.46. The van der Waals surface area contributed by atoms with Crippen molar-refractivity contribution >= 4 is 11.6 Å². The smallest absolute Gasteiger partial charge is 0.326 e. The maximum atomic E-state index is 12.8. The van der Waals surface area contributed by atoms with Crippen molar-refractivity contribution in [2.24, 2.45) is 5.92 Å². The Hall–Kier alpha value is -1.52. The van der Waals surface area contributed by atoms with Crippen molar-refractivity contribution in [3.05, 3.63) is 29.3 Å². The van der Waals surface area contributed by atoms with Crippen molar-refractivity contribution < 1.29 is 18.0 Å². The van der Waals surface area contributed by atoms with E-state index in [2.05, 4.69) is 5.32 Å². The predicted molar refractivity (Wildman–Crippen MR) is 64.8 cm³/mol. The molecule has 1 heterocycles. The van der Waals surface area contributed by atoms with Crippen LogP contribution >= 0.6 is 0 Å². The molecule has 1 aromatic carbocycles. The molecule has 5 heteroatoms. The molecule has 102 valence electrons. The first-order valence-electron chi connectivity index (χ1n) is 6.46. The van der Waals surface area contributed by atoms with Gasteiger partial charge in [0.15, 0.2) is 0 Å². The second-order valence-corrected chi connectivity index (χ2v) is 5.35. The minimum absolute atomic E-state index is 0.0557. The Morgan fingerprint density at radius 3 is 2.53 bits per heavy atom. The van der Waals surface area contributed by atoms with Gasteiger partial charge in [0.2, 0.25) is 5.91 Å². The molecule has 1 N–H and O–H groups in total. The number of hydrogen-bond acceptors (Lipinski definition) is 1. The average molecular weight is 269 g/mol. The molecule has 1 fully saturated rings. The number of rotatable bonds is 1. The first kappa shape index (κ1) is 12.5. The van der Waals surface area contributed by atoms with Gasteiger partial charge in [-0.2, -0.15) is 13.2 Å². The Morgan fingerprint density at radius 1 is 1.21 bits per heavy atom. The lowest BCUT2D eigenvalue weighted by molar-refractivity contribution is -0.137. The van der Waals surface area contributed by atoms with Crippen LogP contribution < -0.4 is 5.32 Å². The molecular weight excluding hydrogens is 255 g/mol. The maximum Gasteiger partial charge on any atom is 0.416 e. The lowest BCUT2D eigenvalue weighted by Gasteiger charge is -2.37. The molecule has 1 aromatic rings. The van der Waals surface area contributed by atoms with Crippen LogP contribution in [0.5, 0.6) is 0 Å². The number of anilines is 1. The summed E-state index contributed by atoms with van der Waals surface area (Å²) in [6.07, 6.45) is -0.905. The summed E-state index contributed by atoms with van der Waals surface area (Å²) in [5, 5.41) is 2.67. The standard InChI is InChI=1S/C14H14F3NO/c15-14(16,17)9-4-5-12-11(6-9)10(7-13(19)18-12)8-2-1-3-8/h4-6,8,10H,1-3,7H2,(H,18,19). The Bertz CT molecular complexity index is 520. The molecule has 19 heavy (non-hydrogen) atoms.